The molecule has 0 aliphatic carbocycles. The van der Waals surface area contributed by atoms with Gasteiger partial charge in [0, 0.05) is 44.3 Å². The Morgan fingerprint density at radius 3 is 2.57 bits per heavy atom. The van der Waals surface area contributed by atoms with E-state index in [0.717, 1.165) is 38.3 Å². The highest BCUT2D eigenvalue weighted by molar-refractivity contribution is 7.80. The van der Waals surface area contributed by atoms with Crippen molar-refractivity contribution in [3.05, 3.63) is 35.1 Å². The zero-order valence-electron chi connectivity index (χ0n) is 12.8. The van der Waals surface area contributed by atoms with Crippen LogP contribution in [0, 0.1) is 5.82 Å². The topological polar surface area (TPSA) is 32.5 Å². The van der Waals surface area contributed by atoms with Gasteiger partial charge in [-0.2, -0.15) is 0 Å². The maximum Gasteiger partial charge on any atom is 0.133 e. The van der Waals surface area contributed by atoms with Gasteiger partial charge in [0.1, 0.15) is 10.8 Å². The first-order valence-corrected chi connectivity index (χ1v) is 7.96. The SMILES string of the molecule is CCC(C)N1CCN(Cc2ccc(F)c(C(N)=S)c2)CC1. The van der Waals surface area contributed by atoms with Gasteiger partial charge in [0.2, 0.25) is 0 Å². The van der Waals surface area contributed by atoms with Crippen molar-refractivity contribution in [3.8, 4) is 0 Å². The van der Waals surface area contributed by atoms with Crippen LogP contribution in [0.25, 0.3) is 0 Å². The molecule has 2 N–H and O–H groups in total. The Hall–Kier alpha value is -1.04. The fraction of sp³-hybridized carbons (Fsp3) is 0.562. The molecule has 1 aromatic carbocycles. The molecule has 3 nitrogen and oxygen atoms in total. The quantitative estimate of drug-likeness (QED) is 0.847. The molecule has 2 rings (SSSR count). The summed E-state index contributed by atoms with van der Waals surface area (Å²) < 4.78 is 13.6. The summed E-state index contributed by atoms with van der Waals surface area (Å²) in [6.45, 7) is 9.62. The highest BCUT2D eigenvalue weighted by Gasteiger charge is 2.20. The monoisotopic (exact) mass is 309 g/mol. The van der Waals surface area contributed by atoms with Gasteiger partial charge >= 0.3 is 0 Å². The number of nitrogens with two attached hydrogens (primary N) is 1. The number of hydrogen-bond donors (Lipinski definition) is 1. The van der Waals surface area contributed by atoms with E-state index >= 15 is 0 Å². The molecule has 21 heavy (non-hydrogen) atoms. The summed E-state index contributed by atoms with van der Waals surface area (Å²) in [5.74, 6) is -0.340. The number of benzene rings is 1. The third-order valence-electron chi connectivity index (χ3n) is 4.32. The van der Waals surface area contributed by atoms with Crippen molar-refractivity contribution >= 4 is 17.2 Å². The predicted molar refractivity (Wildman–Crippen MR) is 88.9 cm³/mol. The minimum Gasteiger partial charge on any atom is -0.389 e. The molecule has 5 heteroatoms. The summed E-state index contributed by atoms with van der Waals surface area (Å²) in [4.78, 5) is 5.05. The second kappa shape index (κ2) is 7.29. The first-order valence-electron chi connectivity index (χ1n) is 7.56. The maximum absolute atomic E-state index is 13.6. The summed E-state index contributed by atoms with van der Waals surface area (Å²) in [6, 6.07) is 5.70. The largest absolute Gasteiger partial charge is 0.389 e. The Morgan fingerprint density at radius 1 is 1.33 bits per heavy atom. The van der Waals surface area contributed by atoms with Crippen LogP contribution in [0.3, 0.4) is 0 Å². The number of rotatable bonds is 5. The van der Waals surface area contributed by atoms with E-state index in [1.807, 2.05) is 6.07 Å². The summed E-state index contributed by atoms with van der Waals surface area (Å²) >= 11 is 4.89. The van der Waals surface area contributed by atoms with Crippen molar-refractivity contribution in [2.75, 3.05) is 26.2 Å². The average Bonchev–Trinajstić information content (AvgIpc) is 2.49. The Labute approximate surface area is 131 Å². The first-order chi connectivity index (χ1) is 10.0. The molecule has 0 spiro atoms. The molecule has 1 atom stereocenters. The van der Waals surface area contributed by atoms with Gasteiger partial charge in [0.15, 0.2) is 0 Å². The lowest BCUT2D eigenvalue weighted by Gasteiger charge is -2.37. The van der Waals surface area contributed by atoms with Gasteiger partial charge in [0.05, 0.1) is 0 Å². The van der Waals surface area contributed by atoms with Gasteiger partial charge in [0.25, 0.3) is 0 Å². The Morgan fingerprint density at radius 2 is 2.00 bits per heavy atom. The lowest BCUT2D eigenvalue weighted by molar-refractivity contribution is 0.0963. The second-order valence-electron chi connectivity index (χ2n) is 5.75. The van der Waals surface area contributed by atoms with Crippen LogP contribution in [-0.2, 0) is 6.54 Å². The molecular formula is C16H24FN3S. The number of hydrogen-bond acceptors (Lipinski definition) is 3. The van der Waals surface area contributed by atoms with Gasteiger partial charge in [-0.3, -0.25) is 9.80 Å². The molecule has 0 aromatic heterocycles. The predicted octanol–water partition coefficient (Wildman–Crippen LogP) is 2.38. The second-order valence-corrected chi connectivity index (χ2v) is 6.19. The number of halogens is 1. The molecule has 0 amide bonds. The number of thiocarbonyl (C=S) groups is 1. The van der Waals surface area contributed by atoms with Crippen LogP contribution >= 0.6 is 12.2 Å². The van der Waals surface area contributed by atoms with Crippen LogP contribution in [0.5, 0.6) is 0 Å². The fourth-order valence-electron chi connectivity index (χ4n) is 2.74. The van der Waals surface area contributed by atoms with E-state index in [1.165, 1.54) is 12.5 Å². The van der Waals surface area contributed by atoms with Crippen molar-refractivity contribution in [1.82, 2.24) is 9.80 Å². The van der Waals surface area contributed by atoms with E-state index in [4.69, 9.17) is 18.0 Å². The molecule has 1 fully saturated rings. The van der Waals surface area contributed by atoms with Crippen LogP contribution in [0.2, 0.25) is 0 Å². The highest BCUT2D eigenvalue weighted by atomic mass is 32.1. The molecular weight excluding hydrogens is 285 g/mol. The maximum atomic E-state index is 13.6. The molecule has 0 bridgehead atoms. The van der Waals surface area contributed by atoms with E-state index in [-0.39, 0.29) is 10.8 Å². The highest BCUT2D eigenvalue weighted by Crippen LogP contribution is 2.15. The van der Waals surface area contributed by atoms with Gasteiger partial charge in [-0.15, -0.1) is 0 Å². The van der Waals surface area contributed by atoms with E-state index in [2.05, 4.69) is 23.6 Å². The van der Waals surface area contributed by atoms with Crippen LogP contribution in [0.1, 0.15) is 31.4 Å². The molecule has 0 saturated carbocycles. The standard InChI is InChI=1S/C16H24FN3S/c1-3-12(2)20-8-6-19(7-9-20)11-13-4-5-15(17)14(10-13)16(18)21/h4-5,10,12H,3,6-9,11H2,1-2H3,(H2,18,21). The van der Waals surface area contributed by atoms with Gasteiger partial charge < -0.3 is 5.73 Å². The molecule has 1 aliphatic rings. The van der Waals surface area contributed by atoms with Crippen molar-refractivity contribution in [2.24, 2.45) is 5.73 Å². The van der Waals surface area contributed by atoms with Crippen LogP contribution in [0.4, 0.5) is 4.39 Å². The summed E-state index contributed by atoms with van der Waals surface area (Å²) in [5, 5.41) is 0. The lowest BCUT2D eigenvalue weighted by atomic mass is 10.1. The number of piperazine rings is 1. The van der Waals surface area contributed by atoms with Crippen molar-refractivity contribution in [2.45, 2.75) is 32.9 Å². The van der Waals surface area contributed by atoms with Crippen LogP contribution in [-0.4, -0.2) is 47.0 Å². The molecule has 116 valence electrons. The summed E-state index contributed by atoms with van der Waals surface area (Å²) in [5.41, 5.74) is 6.97. The van der Waals surface area contributed by atoms with E-state index in [9.17, 15) is 4.39 Å². The molecule has 0 radical (unpaired) electrons. The van der Waals surface area contributed by atoms with E-state index in [0.29, 0.717) is 11.6 Å². The normalized spacial score (nSPS) is 18.6. The van der Waals surface area contributed by atoms with Crippen molar-refractivity contribution < 1.29 is 4.39 Å². The van der Waals surface area contributed by atoms with Gasteiger partial charge in [-0.25, -0.2) is 4.39 Å². The fourth-order valence-corrected chi connectivity index (χ4v) is 2.89. The molecule has 1 aliphatic heterocycles. The lowest BCUT2D eigenvalue weighted by Crippen LogP contribution is -2.49. The first kappa shape index (κ1) is 16.3. The van der Waals surface area contributed by atoms with Gasteiger partial charge in [-0.05, 0) is 31.0 Å². The minimum absolute atomic E-state index is 0.121. The molecule has 1 heterocycles. The zero-order valence-corrected chi connectivity index (χ0v) is 13.6. The Balaban J connectivity index is 1.95. The Bertz CT molecular complexity index is 498. The van der Waals surface area contributed by atoms with Crippen molar-refractivity contribution in [3.63, 3.8) is 0 Å². The van der Waals surface area contributed by atoms with E-state index in [1.54, 1.807) is 6.07 Å². The number of nitrogens with zero attached hydrogens (tertiary/aromatic N) is 2. The Kier molecular flexibility index (Phi) is 5.67. The summed E-state index contributed by atoms with van der Waals surface area (Å²) in [7, 11) is 0. The van der Waals surface area contributed by atoms with E-state index < -0.39 is 0 Å². The smallest absolute Gasteiger partial charge is 0.133 e. The minimum atomic E-state index is -0.340. The molecule has 1 aromatic rings. The van der Waals surface area contributed by atoms with Crippen LogP contribution < -0.4 is 5.73 Å². The van der Waals surface area contributed by atoms with Crippen molar-refractivity contribution in [1.29, 1.82) is 0 Å². The molecule has 1 saturated heterocycles. The zero-order chi connectivity index (χ0) is 15.4. The molecule has 1 unspecified atom stereocenters. The van der Waals surface area contributed by atoms with Crippen LogP contribution in [0.15, 0.2) is 18.2 Å². The third kappa shape index (κ3) is 4.22. The third-order valence-corrected chi connectivity index (χ3v) is 4.54. The average molecular weight is 309 g/mol. The van der Waals surface area contributed by atoms with Gasteiger partial charge in [-0.1, -0.05) is 25.2 Å². The summed E-state index contributed by atoms with van der Waals surface area (Å²) in [6.07, 6.45) is 1.19.